The molecule has 1 aliphatic carbocycles. The smallest absolute Gasteiger partial charge is 0.191 e. The predicted octanol–water partition coefficient (Wildman–Crippen LogP) is 2.61. The van der Waals surface area contributed by atoms with Gasteiger partial charge in [0.15, 0.2) is 5.96 Å². The van der Waals surface area contributed by atoms with Crippen LogP contribution in [0.3, 0.4) is 0 Å². The minimum absolute atomic E-state index is 0.0718. The molecule has 0 bridgehead atoms. The number of aliphatic imine (C=N–C) groups is 1. The Morgan fingerprint density at radius 3 is 2.48 bits per heavy atom. The van der Waals surface area contributed by atoms with Gasteiger partial charge in [-0.1, -0.05) is 51.1 Å². The lowest BCUT2D eigenvalue weighted by molar-refractivity contribution is 0.282. The fourth-order valence-corrected chi connectivity index (χ4v) is 2.87. The molecule has 1 aliphatic rings. The molecule has 2 rings (SSSR count). The summed E-state index contributed by atoms with van der Waals surface area (Å²) in [6.45, 7) is 10.8. The molecule has 0 spiro atoms. The molecule has 4 nitrogen and oxygen atoms in total. The molecule has 0 aliphatic heterocycles. The first-order valence-corrected chi connectivity index (χ1v) is 8.81. The Morgan fingerprint density at radius 1 is 1.22 bits per heavy atom. The van der Waals surface area contributed by atoms with E-state index in [4.69, 9.17) is 0 Å². The van der Waals surface area contributed by atoms with E-state index in [0.717, 1.165) is 38.2 Å². The summed E-state index contributed by atoms with van der Waals surface area (Å²) in [5, 5.41) is 6.90. The molecule has 1 saturated carbocycles. The molecule has 0 heterocycles. The lowest BCUT2D eigenvalue weighted by Crippen LogP contribution is -2.45. The summed E-state index contributed by atoms with van der Waals surface area (Å²) >= 11 is 0. The average molecular weight is 316 g/mol. The van der Waals surface area contributed by atoms with Gasteiger partial charge in [0.2, 0.25) is 0 Å². The van der Waals surface area contributed by atoms with E-state index in [2.05, 4.69) is 71.6 Å². The number of benzene rings is 1. The first kappa shape index (κ1) is 17.8. The molecular weight excluding hydrogens is 284 g/mol. The van der Waals surface area contributed by atoms with Crippen LogP contribution < -0.4 is 10.6 Å². The molecule has 0 aromatic heterocycles. The second-order valence-electron chi connectivity index (χ2n) is 6.96. The van der Waals surface area contributed by atoms with Crippen LogP contribution in [0.15, 0.2) is 35.3 Å². The maximum Gasteiger partial charge on any atom is 0.191 e. The summed E-state index contributed by atoms with van der Waals surface area (Å²) in [7, 11) is 1.84. The Kier molecular flexibility index (Phi) is 6.46. The number of hydrogen-bond acceptors (Lipinski definition) is 2. The summed E-state index contributed by atoms with van der Waals surface area (Å²) in [4.78, 5) is 6.89. The number of guanidine groups is 1. The predicted molar refractivity (Wildman–Crippen MR) is 99.1 cm³/mol. The summed E-state index contributed by atoms with van der Waals surface area (Å²) < 4.78 is 0. The van der Waals surface area contributed by atoms with Gasteiger partial charge < -0.3 is 10.6 Å². The van der Waals surface area contributed by atoms with E-state index in [1.54, 1.807) is 0 Å². The van der Waals surface area contributed by atoms with Crippen molar-refractivity contribution in [3.05, 3.63) is 35.9 Å². The van der Waals surface area contributed by atoms with Gasteiger partial charge in [-0.25, -0.2) is 0 Å². The first-order chi connectivity index (χ1) is 11.1. The third kappa shape index (κ3) is 5.54. The van der Waals surface area contributed by atoms with Gasteiger partial charge in [-0.3, -0.25) is 9.89 Å². The van der Waals surface area contributed by atoms with Crippen LogP contribution in [0.1, 0.15) is 39.2 Å². The lowest BCUT2D eigenvalue weighted by atomic mass is 9.85. The van der Waals surface area contributed by atoms with Crippen molar-refractivity contribution in [3.63, 3.8) is 0 Å². The number of nitrogens with one attached hydrogen (secondary N) is 2. The highest BCUT2D eigenvalue weighted by atomic mass is 15.2. The minimum atomic E-state index is 0.0718. The normalized spacial score (nSPS) is 15.8. The summed E-state index contributed by atoms with van der Waals surface area (Å²) in [5.41, 5.74) is 1.41. The van der Waals surface area contributed by atoms with Crippen LogP contribution in [-0.4, -0.2) is 50.1 Å². The standard InChI is InChI=1S/C19H32N4/c1-5-23(17-11-12-17)14-13-21-18(20-4)22-15-19(2,3)16-9-7-6-8-10-16/h6-10,17H,5,11-15H2,1-4H3,(H2,20,21,22). The van der Waals surface area contributed by atoms with Crippen molar-refractivity contribution in [2.75, 3.05) is 33.2 Å². The zero-order valence-corrected chi connectivity index (χ0v) is 15.1. The van der Waals surface area contributed by atoms with Crippen LogP contribution in [0.4, 0.5) is 0 Å². The minimum Gasteiger partial charge on any atom is -0.356 e. The second kappa shape index (κ2) is 8.34. The monoisotopic (exact) mass is 316 g/mol. The molecule has 0 amide bonds. The maximum atomic E-state index is 4.34. The van der Waals surface area contributed by atoms with Gasteiger partial charge in [-0.15, -0.1) is 0 Å². The fourth-order valence-electron chi connectivity index (χ4n) is 2.87. The van der Waals surface area contributed by atoms with Gasteiger partial charge in [0.25, 0.3) is 0 Å². The Morgan fingerprint density at radius 2 is 1.91 bits per heavy atom. The van der Waals surface area contributed by atoms with E-state index in [1.807, 2.05) is 7.05 Å². The van der Waals surface area contributed by atoms with Crippen molar-refractivity contribution in [2.24, 2.45) is 4.99 Å². The Labute approximate surface area is 141 Å². The van der Waals surface area contributed by atoms with Gasteiger partial charge in [0.05, 0.1) is 0 Å². The van der Waals surface area contributed by atoms with E-state index in [-0.39, 0.29) is 5.41 Å². The van der Waals surface area contributed by atoms with E-state index < -0.39 is 0 Å². The van der Waals surface area contributed by atoms with Crippen LogP contribution in [0.25, 0.3) is 0 Å². The third-order valence-electron chi connectivity index (χ3n) is 4.64. The highest BCUT2D eigenvalue weighted by Crippen LogP contribution is 2.25. The van der Waals surface area contributed by atoms with Crippen molar-refractivity contribution in [3.8, 4) is 0 Å². The van der Waals surface area contributed by atoms with Gasteiger partial charge in [-0.2, -0.15) is 0 Å². The molecule has 0 radical (unpaired) electrons. The Hall–Kier alpha value is -1.55. The molecule has 1 aromatic rings. The molecule has 4 heteroatoms. The van der Waals surface area contributed by atoms with Crippen LogP contribution in [0.2, 0.25) is 0 Å². The van der Waals surface area contributed by atoms with Gasteiger partial charge in [-0.05, 0) is 24.9 Å². The van der Waals surface area contributed by atoms with E-state index in [9.17, 15) is 0 Å². The highest BCUT2D eigenvalue weighted by molar-refractivity contribution is 5.79. The Balaban J connectivity index is 1.76. The zero-order chi connectivity index (χ0) is 16.7. The number of nitrogens with zero attached hydrogens (tertiary/aromatic N) is 2. The molecule has 23 heavy (non-hydrogen) atoms. The van der Waals surface area contributed by atoms with E-state index in [1.165, 1.54) is 18.4 Å². The molecule has 1 fully saturated rings. The molecule has 2 N–H and O–H groups in total. The molecule has 0 saturated heterocycles. The lowest BCUT2D eigenvalue weighted by Gasteiger charge is -2.27. The number of rotatable bonds is 8. The molecule has 128 valence electrons. The van der Waals surface area contributed by atoms with Gasteiger partial charge >= 0.3 is 0 Å². The maximum absolute atomic E-state index is 4.34. The number of hydrogen-bond donors (Lipinski definition) is 2. The molecular formula is C19H32N4. The van der Waals surface area contributed by atoms with Crippen molar-refractivity contribution in [1.82, 2.24) is 15.5 Å². The van der Waals surface area contributed by atoms with Gasteiger partial charge in [0.1, 0.15) is 0 Å². The van der Waals surface area contributed by atoms with Crippen LogP contribution in [0.5, 0.6) is 0 Å². The zero-order valence-electron chi connectivity index (χ0n) is 15.1. The van der Waals surface area contributed by atoms with Crippen molar-refractivity contribution in [2.45, 2.75) is 45.1 Å². The summed E-state index contributed by atoms with van der Waals surface area (Å²) in [6.07, 6.45) is 2.73. The SMILES string of the molecule is CCN(CCNC(=NC)NCC(C)(C)c1ccccc1)C1CC1. The highest BCUT2D eigenvalue weighted by Gasteiger charge is 2.27. The van der Waals surface area contributed by atoms with Crippen molar-refractivity contribution >= 4 is 5.96 Å². The second-order valence-corrected chi connectivity index (χ2v) is 6.96. The Bertz CT molecular complexity index is 491. The largest absolute Gasteiger partial charge is 0.356 e. The van der Waals surface area contributed by atoms with Gasteiger partial charge in [0, 0.05) is 38.1 Å². The molecule has 1 aromatic carbocycles. The molecule has 0 unspecified atom stereocenters. The quantitative estimate of drug-likeness (QED) is 0.572. The van der Waals surface area contributed by atoms with Crippen LogP contribution in [0, 0.1) is 0 Å². The number of likely N-dealkylation sites (N-methyl/N-ethyl adjacent to an activating group) is 1. The van der Waals surface area contributed by atoms with E-state index >= 15 is 0 Å². The van der Waals surface area contributed by atoms with Crippen LogP contribution in [-0.2, 0) is 5.41 Å². The average Bonchev–Trinajstić information content (AvgIpc) is 3.40. The third-order valence-corrected chi connectivity index (χ3v) is 4.64. The topological polar surface area (TPSA) is 39.7 Å². The molecule has 0 atom stereocenters. The summed E-state index contributed by atoms with van der Waals surface area (Å²) in [6, 6.07) is 11.5. The fraction of sp³-hybridized carbons (Fsp3) is 0.632. The van der Waals surface area contributed by atoms with Crippen molar-refractivity contribution < 1.29 is 0 Å². The summed E-state index contributed by atoms with van der Waals surface area (Å²) in [5.74, 6) is 0.890. The first-order valence-electron chi connectivity index (χ1n) is 8.81. The van der Waals surface area contributed by atoms with Crippen molar-refractivity contribution in [1.29, 1.82) is 0 Å². The van der Waals surface area contributed by atoms with E-state index in [0.29, 0.717) is 0 Å². The van der Waals surface area contributed by atoms with Crippen LogP contribution >= 0.6 is 0 Å².